The Morgan fingerprint density at radius 2 is 1.61 bits per heavy atom. The number of anilines is 1. The Bertz CT molecular complexity index is 1320. The molecule has 166 valence electrons. The highest BCUT2D eigenvalue weighted by Crippen LogP contribution is 2.27. The first-order chi connectivity index (χ1) is 16.2. The summed E-state index contributed by atoms with van der Waals surface area (Å²) in [6.45, 7) is 4.71. The second-order valence-corrected chi connectivity index (χ2v) is 9.19. The second kappa shape index (κ2) is 8.49. The van der Waals surface area contributed by atoms with Crippen LogP contribution in [0.5, 0.6) is 0 Å². The van der Waals surface area contributed by atoms with E-state index in [1.54, 1.807) is 0 Å². The molecule has 1 aromatic heterocycles. The minimum absolute atomic E-state index is 0.0203. The van der Waals surface area contributed by atoms with Crippen molar-refractivity contribution >= 4 is 33.4 Å². The number of aromatic nitrogens is 1. The molecule has 2 aliphatic rings. The molecule has 1 aliphatic heterocycles. The highest BCUT2D eigenvalue weighted by Gasteiger charge is 2.26. The maximum Gasteiger partial charge on any atom is 0.252 e. The molecule has 5 nitrogen and oxygen atoms in total. The SMILES string of the molecule is O=C(NC1CC1)c1cc(N2CCN(Cc3cccc4ccccc34)CC2)nc2ccccc12. The van der Waals surface area contributed by atoms with E-state index >= 15 is 0 Å². The van der Waals surface area contributed by atoms with E-state index in [4.69, 9.17) is 4.98 Å². The fraction of sp³-hybridized carbons (Fsp3) is 0.286. The number of fused-ring (bicyclic) bond motifs is 2. The average molecular weight is 437 g/mol. The number of carbonyl (C=O) groups is 1. The second-order valence-electron chi connectivity index (χ2n) is 9.19. The average Bonchev–Trinajstić information content (AvgIpc) is 3.68. The molecule has 6 rings (SSSR count). The monoisotopic (exact) mass is 436 g/mol. The number of carbonyl (C=O) groups excluding carboxylic acids is 1. The molecule has 1 saturated heterocycles. The van der Waals surface area contributed by atoms with Crippen LogP contribution in [-0.4, -0.2) is 48.0 Å². The minimum Gasteiger partial charge on any atom is -0.354 e. The number of para-hydroxylation sites is 1. The molecule has 4 aromatic rings. The molecule has 1 amide bonds. The minimum atomic E-state index is 0.0203. The van der Waals surface area contributed by atoms with Crippen molar-refractivity contribution in [3.8, 4) is 0 Å². The van der Waals surface area contributed by atoms with Gasteiger partial charge in [0.05, 0.1) is 11.1 Å². The summed E-state index contributed by atoms with van der Waals surface area (Å²) in [5.74, 6) is 0.923. The lowest BCUT2D eigenvalue weighted by atomic mass is 10.0. The van der Waals surface area contributed by atoms with E-state index in [0.29, 0.717) is 6.04 Å². The summed E-state index contributed by atoms with van der Waals surface area (Å²) in [5, 5.41) is 6.71. The highest BCUT2D eigenvalue weighted by atomic mass is 16.1. The quantitative estimate of drug-likeness (QED) is 0.497. The molecule has 0 spiro atoms. The predicted molar refractivity (Wildman–Crippen MR) is 134 cm³/mol. The van der Waals surface area contributed by atoms with Gasteiger partial charge in [0.25, 0.3) is 5.91 Å². The molecule has 33 heavy (non-hydrogen) atoms. The van der Waals surface area contributed by atoms with E-state index in [1.165, 1.54) is 16.3 Å². The number of nitrogens with zero attached hydrogens (tertiary/aromatic N) is 3. The molecule has 1 aliphatic carbocycles. The standard InChI is InChI=1S/C28H28N4O/c33-28(29-22-12-13-22)25-18-27(30-26-11-4-3-10-24(25)26)32-16-14-31(15-17-32)19-21-8-5-7-20-6-1-2-9-23(20)21/h1-11,18,22H,12-17,19H2,(H,29,33). The molecule has 0 unspecified atom stereocenters. The summed E-state index contributed by atoms with van der Waals surface area (Å²) in [7, 11) is 0. The molecular weight excluding hydrogens is 408 g/mol. The van der Waals surface area contributed by atoms with Gasteiger partial charge in [-0.25, -0.2) is 4.98 Å². The van der Waals surface area contributed by atoms with Crippen LogP contribution in [0.3, 0.4) is 0 Å². The number of rotatable bonds is 5. The van der Waals surface area contributed by atoms with Crippen LogP contribution in [0.4, 0.5) is 5.82 Å². The van der Waals surface area contributed by atoms with E-state index in [0.717, 1.165) is 67.8 Å². The van der Waals surface area contributed by atoms with Crippen LogP contribution in [0.1, 0.15) is 28.8 Å². The predicted octanol–water partition coefficient (Wildman–Crippen LogP) is 4.60. The van der Waals surface area contributed by atoms with Gasteiger partial charge in [0, 0.05) is 44.2 Å². The summed E-state index contributed by atoms with van der Waals surface area (Å²) >= 11 is 0. The van der Waals surface area contributed by atoms with Crippen LogP contribution >= 0.6 is 0 Å². The van der Waals surface area contributed by atoms with Crippen molar-refractivity contribution in [2.45, 2.75) is 25.4 Å². The highest BCUT2D eigenvalue weighted by molar-refractivity contribution is 6.07. The lowest BCUT2D eigenvalue weighted by Crippen LogP contribution is -2.46. The lowest BCUT2D eigenvalue weighted by Gasteiger charge is -2.36. The first-order valence-corrected chi connectivity index (χ1v) is 11.9. The van der Waals surface area contributed by atoms with Gasteiger partial charge < -0.3 is 10.2 Å². The number of hydrogen-bond donors (Lipinski definition) is 1. The van der Waals surface area contributed by atoms with Crippen LogP contribution in [0.2, 0.25) is 0 Å². The van der Waals surface area contributed by atoms with Gasteiger partial charge >= 0.3 is 0 Å². The van der Waals surface area contributed by atoms with Crippen molar-refractivity contribution in [2.24, 2.45) is 0 Å². The van der Waals surface area contributed by atoms with Crippen molar-refractivity contribution in [3.63, 3.8) is 0 Å². The Balaban J connectivity index is 1.20. The van der Waals surface area contributed by atoms with Crippen molar-refractivity contribution in [2.75, 3.05) is 31.1 Å². The molecule has 3 aromatic carbocycles. The third-order valence-electron chi connectivity index (χ3n) is 6.83. The van der Waals surface area contributed by atoms with Gasteiger partial charge in [-0.05, 0) is 41.3 Å². The first-order valence-electron chi connectivity index (χ1n) is 11.9. The van der Waals surface area contributed by atoms with E-state index in [2.05, 4.69) is 57.6 Å². The van der Waals surface area contributed by atoms with Crippen molar-refractivity contribution in [1.29, 1.82) is 0 Å². The molecule has 1 N–H and O–H groups in total. The smallest absolute Gasteiger partial charge is 0.252 e. The van der Waals surface area contributed by atoms with Gasteiger partial charge in [0.2, 0.25) is 0 Å². The van der Waals surface area contributed by atoms with Crippen LogP contribution in [-0.2, 0) is 6.54 Å². The molecule has 2 heterocycles. The van der Waals surface area contributed by atoms with Gasteiger partial charge in [-0.2, -0.15) is 0 Å². The maximum absolute atomic E-state index is 12.9. The summed E-state index contributed by atoms with van der Waals surface area (Å²) in [5.41, 5.74) is 3.00. The van der Waals surface area contributed by atoms with Crippen molar-refractivity contribution in [3.05, 3.63) is 83.9 Å². The van der Waals surface area contributed by atoms with E-state index in [-0.39, 0.29) is 5.91 Å². The van der Waals surface area contributed by atoms with Crippen LogP contribution in [0.25, 0.3) is 21.7 Å². The normalized spacial score (nSPS) is 16.9. The number of hydrogen-bond acceptors (Lipinski definition) is 4. The summed E-state index contributed by atoms with van der Waals surface area (Å²) in [4.78, 5) is 22.7. The molecule has 0 atom stereocenters. The van der Waals surface area contributed by atoms with E-state index in [9.17, 15) is 4.79 Å². The summed E-state index contributed by atoms with van der Waals surface area (Å²) in [6.07, 6.45) is 2.17. The maximum atomic E-state index is 12.9. The summed E-state index contributed by atoms with van der Waals surface area (Å²) in [6, 6.07) is 25.5. The molecular formula is C28H28N4O. The van der Waals surface area contributed by atoms with Gasteiger partial charge in [-0.1, -0.05) is 60.7 Å². The Morgan fingerprint density at radius 1 is 0.879 bits per heavy atom. The lowest BCUT2D eigenvalue weighted by molar-refractivity contribution is 0.0952. The van der Waals surface area contributed by atoms with Crippen LogP contribution in [0.15, 0.2) is 72.8 Å². The summed E-state index contributed by atoms with van der Waals surface area (Å²) < 4.78 is 0. The van der Waals surface area contributed by atoms with Crippen LogP contribution in [0, 0.1) is 0 Å². The number of benzene rings is 3. The third-order valence-corrected chi connectivity index (χ3v) is 6.83. The Kier molecular flexibility index (Phi) is 5.19. The topological polar surface area (TPSA) is 48.5 Å². The zero-order valence-corrected chi connectivity index (χ0v) is 18.7. The largest absolute Gasteiger partial charge is 0.354 e. The zero-order chi connectivity index (χ0) is 22.2. The number of nitrogens with one attached hydrogen (secondary N) is 1. The van der Waals surface area contributed by atoms with Gasteiger partial charge in [0.15, 0.2) is 0 Å². The zero-order valence-electron chi connectivity index (χ0n) is 18.7. The fourth-order valence-electron chi connectivity index (χ4n) is 4.81. The molecule has 2 fully saturated rings. The molecule has 5 heteroatoms. The number of piperazine rings is 1. The molecule has 1 saturated carbocycles. The molecule has 0 bridgehead atoms. The van der Waals surface area contributed by atoms with Crippen molar-refractivity contribution < 1.29 is 4.79 Å². The van der Waals surface area contributed by atoms with Crippen molar-refractivity contribution in [1.82, 2.24) is 15.2 Å². The Hall–Kier alpha value is -3.44. The Labute approximate surface area is 194 Å². The fourth-order valence-corrected chi connectivity index (χ4v) is 4.81. The Morgan fingerprint density at radius 3 is 2.42 bits per heavy atom. The number of amides is 1. The van der Waals surface area contributed by atoms with Gasteiger partial charge in [-0.15, -0.1) is 0 Å². The first kappa shape index (κ1) is 20.2. The van der Waals surface area contributed by atoms with Crippen LogP contribution < -0.4 is 10.2 Å². The number of pyridine rings is 1. The van der Waals surface area contributed by atoms with E-state index < -0.39 is 0 Å². The molecule has 0 radical (unpaired) electrons. The van der Waals surface area contributed by atoms with Gasteiger partial charge in [0.1, 0.15) is 5.82 Å². The third kappa shape index (κ3) is 4.16. The van der Waals surface area contributed by atoms with E-state index in [1.807, 2.05) is 30.3 Å². The van der Waals surface area contributed by atoms with Gasteiger partial charge in [-0.3, -0.25) is 9.69 Å².